The second-order valence-corrected chi connectivity index (χ2v) is 9.37. The summed E-state index contributed by atoms with van der Waals surface area (Å²) in [4.78, 5) is 25.7. The average molecular weight is 479 g/mol. The fourth-order valence-corrected chi connectivity index (χ4v) is 4.36. The van der Waals surface area contributed by atoms with E-state index >= 15 is 0 Å². The summed E-state index contributed by atoms with van der Waals surface area (Å²) in [7, 11) is 0. The summed E-state index contributed by atoms with van der Waals surface area (Å²) >= 11 is 0. The highest BCUT2D eigenvalue weighted by atomic mass is 19.1. The van der Waals surface area contributed by atoms with Gasteiger partial charge in [-0.25, -0.2) is 19.3 Å². The first-order chi connectivity index (χ1) is 16.7. The van der Waals surface area contributed by atoms with E-state index in [1.807, 2.05) is 18.4 Å². The van der Waals surface area contributed by atoms with Crippen molar-refractivity contribution in [1.82, 2.24) is 24.8 Å². The second kappa shape index (κ2) is 10.4. The summed E-state index contributed by atoms with van der Waals surface area (Å²) < 4.78 is 15.8. The summed E-state index contributed by atoms with van der Waals surface area (Å²) in [5.41, 5.74) is 6.60. The van der Waals surface area contributed by atoms with Gasteiger partial charge in [-0.3, -0.25) is 4.79 Å². The van der Waals surface area contributed by atoms with Crippen LogP contribution in [0.25, 0.3) is 22.6 Å². The zero-order valence-electron chi connectivity index (χ0n) is 20.1. The highest BCUT2D eigenvalue weighted by Gasteiger charge is 2.27. The van der Waals surface area contributed by atoms with E-state index in [4.69, 9.17) is 5.73 Å². The standard InChI is InChI=1S/C26H31FN6O2/c1-17(2)29-21(34)10-7-15-33-24(18-8-6-9-19(27)16-18)32-22-23(28)30-20(31-25(22)33)11-14-26(35)12-4-3-5-13-26/h6,8-9,16-17,35H,3-5,7,10,12-13,15H2,1-2H3,(H,29,34)(H2,28,30,31). The summed E-state index contributed by atoms with van der Waals surface area (Å²) in [5.74, 6) is 6.25. The monoisotopic (exact) mass is 478 g/mol. The smallest absolute Gasteiger partial charge is 0.220 e. The minimum absolute atomic E-state index is 0.0434. The van der Waals surface area contributed by atoms with Crippen molar-refractivity contribution in [3.63, 3.8) is 0 Å². The van der Waals surface area contributed by atoms with Crippen molar-refractivity contribution in [2.45, 2.75) is 77.0 Å². The number of nitrogens with one attached hydrogen (secondary N) is 1. The molecule has 1 aromatic carbocycles. The van der Waals surface area contributed by atoms with E-state index in [0.29, 0.717) is 54.8 Å². The lowest BCUT2D eigenvalue weighted by Crippen LogP contribution is -2.30. The summed E-state index contributed by atoms with van der Waals surface area (Å²) in [6.45, 7) is 4.24. The zero-order chi connectivity index (χ0) is 25.0. The lowest BCUT2D eigenvalue weighted by Gasteiger charge is -2.26. The molecule has 2 aromatic heterocycles. The van der Waals surface area contributed by atoms with Crippen LogP contribution in [0.2, 0.25) is 0 Å². The third kappa shape index (κ3) is 5.95. The van der Waals surface area contributed by atoms with Gasteiger partial charge in [-0.15, -0.1) is 0 Å². The van der Waals surface area contributed by atoms with Crippen molar-refractivity contribution in [3.05, 3.63) is 35.9 Å². The molecule has 2 heterocycles. The molecule has 0 bridgehead atoms. The predicted molar refractivity (Wildman–Crippen MR) is 133 cm³/mol. The van der Waals surface area contributed by atoms with E-state index in [2.05, 4.69) is 32.1 Å². The lowest BCUT2D eigenvalue weighted by atomic mass is 9.85. The van der Waals surface area contributed by atoms with E-state index in [1.165, 1.54) is 12.1 Å². The number of imidazole rings is 1. The van der Waals surface area contributed by atoms with Gasteiger partial charge in [0.1, 0.15) is 17.2 Å². The predicted octanol–water partition coefficient (Wildman–Crippen LogP) is 3.57. The van der Waals surface area contributed by atoms with Gasteiger partial charge in [-0.1, -0.05) is 24.5 Å². The molecule has 4 N–H and O–H groups in total. The van der Waals surface area contributed by atoms with Crippen molar-refractivity contribution in [1.29, 1.82) is 0 Å². The van der Waals surface area contributed by atoms with Crippen LogP contribution in [-0.2, 0) is 11.3 Å². The molecule has 0 aliphatic heterocycles. The molecule has 4 rings (SSSR count). The molecule has 1 fully saturated rings. The van der Waals surface area contributed by atoms with Crippen LogP contribution >= 0.6 is 0 Å². The number of carbonyl (C=O) groups is 1. The molecule has 1 saturated carbocycles. The van der Waals surface area contributed by atoms with Crippen molar-refractivity contribution >= 4 is 22.9 Å². The van der Waals surface area contributed by atoms with Gasteiger partial charge < -0.3 is 20.7 Å². The maximum Gasteiger partial charge on any atom is 0.220 e. The molecule has 1 aliphatic carbocycles. The van der Waals surface area contributed by atoms with Crippen LogP contribution in [0.3, 0.4) is 0 Å². The summed E-state index contributed by atoms with van der Waals surface area (Å²) in [5, 5.41) is 13.6. The SMILES string of the molecule is CC(C)NC(=O)CCCn1c(-c2cccc(F)c2)nc2c(N)nc(C#CC3(O)CCCCC3)nc21. The normalized spacial score (nSPS) is 15.1. The van der Waals surface area contributed by atoms with Crippen LogP contribution in [0.15, 0.2) is 24.3 Å². The zero-order valence-corrected chi connectivity index (χ0v) is 20.1. The molecule has 3 aromatic rings. The third-order valence-corrected chi connectivity index (χ3v) is 6.03. The molecular weight excluding hydrogens is 447 g/mol. The molecule has 8 nitrogen and oxygen atoms in total. The number of rotatable bonds is 6. The fourth-order valence-electron chi connectivity index (χ4n) is 4.36. The van der Waals surface area contributed by atoms with Crippen LogP contribution in [-0.4, -0.2) is 42.2 Å². The lowest BCUT2D eigenvalue weighted by molar-refractivity contribution is -0.121. The Hall–Kier alpha value is -3.51. The molecule has 0 spiro atoms. The molecule has 9 heteroatoms. The molecule has 0 atom stereocenters. The average Bonchev–Trinajstić information content (AvgIpc) is 3.17. The minimum Gasteiger partial charge on any atom is -0.382 e. The number of aryl methyl sites for hydroxylation is 1. The Morgan fingerprint density at radius 1 is 1.26 bits per heavy atom. The van der Waals surface area contributed by atoms with Crippen molar-refractivity contribution in [2.75, 3.05) is 5.73 Å². The topological polar surface area (TPSA) is 119 Å². The van der Waals surface area contributed by atoms with E-state index in [0.717, 1.165) is 19.3 Å². The highest BCUT2D eigenvalue weighted by molar-refractivity contribution is 5.86. The Kier molecular flexibility index (Phi) is 7.31. The molecule has 0 unspecified atom stereocenters. The number of hydrogen-bond donors (Lipinski definition) is 3. The van der Waals surface area contributed by atoms with Gasteiger partial charge in [0.2, 0.25) is 11.7 Å². The molecule has 0 radical (unpaired) electrons. The number of fused-ring (bicyclic) bond motifs is 1. The molecule has 1 aliphatic rings. The van der Waals surface area contributed by atoms with Crippen LogP contribution in [0, 0.1) is 17.7 Å². The van der Waals surface area contributed by atoms with Gasteiger partial charge in [-0.05, 0) is 64.0 Å². The number of hydrogen-bond acceptors (Lipinski definition) is 6. The summed E-state index contributed by atoms with van der Waals surface area (Å²) in [6, 6.07) is 6.19. The van der Waals surface area contributed by atoms with Crippen LogP contribution in [0.4, 0.5) is 10.2 Å². The van der Waals surface area contributed by atoms with Crippen molar-refractivity contribution in [3.8, 4) is 23.2 Å². The third-order valence-electron chi connectivity index (χ3n) is 6.03. The quantitative estimate of drug-likeness (QED) is 0.466. The minimum atomic E-state index is -1.04. The largest absolute Gasteiger partial charge is 0.382 e. The molecule has 0 saturated heterocycles. The number of nitrogen functional groups attached to an aromatic ring is 1. The maximum atomic E-state index is 14.0. The van der Waals surface area contributed by atoms with Gasteiger partial charge in [0.05, 0.1) is 0 Å². The number of anilines is 1. The van der Waals surface area contributed by atoms with E-state index < -0.39 is 5.60 Å². The van der Waals surface area contributed by atoms with Crippen LogP contribution < -0.4 is 11.1 Å². The number of halogens is 1. The Morgan fingerprint density at radius 2 is 2.03 bits per heavy atom. The number of amides is 1. The van der Waals surface area contributed by atoms with Gasteiger partial charge >= 0.3 is 0 Å². The first kappa shape index (κ1) is 24.6. The number of nitrogens with zero attached hydrogens (tertiary/aromatic N) is 4. The first-order valence-corrected chi connectivity index (χ1v) is 12.1. The van der Waals surface area contributed by atoms with Gasteiger partial charge in [0.25, 0.3) is 0 Å². The van der Waals surface area contributed by atoms with Crippen molar-refractivity contribution < 1.29 is 14.3 Å². The molecule has 184 valence electrons. The Labute approximate surface area is 204 Å². The Bertz CT molecular complexity index is 1280. The van der Waals surface area contributed by atoms with E-state index in [-0.39, 0.29) is 29.4 Å². The first-order valence-electron chi connectivity index (χ1n) is 12.1. The molecule has 1 amide bonds. The van der Waals surface area contributed by atoms with Crippen molar-refractivity contribution in [2.24, 2.45) is 0 Å². The van der Waals surface area contributed by atoms with Gasteiger partial charge in [0.15, 0.2) is 17.0 Å². The Balaban J connectivity index is 1.72. The summed E-state index contributed by atoms with van der Waals surface area (Å²) in [6.07, 6.45) is 5.05. The number of aromatic nitrogens is 4. The van der Waals surface area contributed by atoms with Crippen LogP contribution in [0.5, 0.6) is 0 Å². The van der Waals surface area contributed by atoms with Gasteiger partial charge in [-0.2, -0.15) is 0 Å². The fraction of sp³-hybridized carbons (Fsp3) is 0.462. The van der Waals surface area contributed by atoms with Gasteiger partial charge in [0, 0.05) is 24.6 Å². The number of nitrogens with two attached hydrogens (primary N) is 1. The molecule has 35 heavy (non-hydrogen) atoms. The molecular formula is C26H31FN6O2. The number of aliphatic hydroxyl groups is 1. The Morgan fingerprint density at radius 3 is 2.74 bits per heavy atom. The number of carbonyl (C=O) groups excluding carboxylic acids is 1. The highest BCUT2D eigenvalue weighted by Crippen LogP contribution is 2.29. The van der Waals surface area contributed by atoms with E-state index in [1.54, 1.807) is 12.1 Å². The maximum absolute atomic E-state index is 14.0. The second-order valence-electron chi connectivity index (χ2n) is 9.37. The number of benzene rings is 1. The van der Waals surface area contributed by atoms with Crippen LogP contribution in [0.1, 0.15) is 64.6 Å². The van der Waals surface area contributed by atoms with E-state index in [9.17, 15) is 14.3 Å².